The molecule has 1 aliphatic heterocycles. The molecule has 7 nitrogen and oxygen atoms in total. The van der Waals surface area contributed by atoms with E-state index >= 15 is 0 Å². The Balaban J connectivity index is 2.26. The molecule has 2 atom stereocenters. The molecule has 2 N–H and O–H groups in total. The van der Waals surface area contributed by atoms with E-state index in [0.29, 0.717) is 11.7 Å². The van der Waals surface area contributed by atoms with Gasteiger partial charge in [0.1, 0.15) is 0 Å². The molecule has 0 spiro atoms. The lowest BCUT2D eigenvalue weighted by atomic mass is 9.91. The third kappa shape index (κ3) is 2.17. The summed E-state index contributed by atoms with van der Waals surface area (Å²) in [6.45, 7) is 3.61. The number of nitro groups is 1. The number of nitrogens with two attached hydrogens (primary N) is 1. The molecule has 1 aromatic rings. The Kier molecular flexibility index (Phi) is 3.51. The second-order valence-corrected chi connectivity index (χ2v) is 4.83. The Morgan fingerprint density at radius 3 is 3.00 bits per heavy atom. The lowest BCUT2D eigenvalue weighted by molar-refractivity contribution is -0.388. The van der Waals surface area contributed by atoms with E-state index in [2.05, 4.69) is 11.9 Å². The standard InChI is InChI=1S/C11H19N5O2/c1-3-8-6-15(5-4-9(8)12)11-10(16(17)18)13-7-14(11)2/h7-9H,3-6,12H2,1-2H3. The highest BCUT2D eigenvalue weighted by molar-refractivity contribution is 5.55. The second-order valence-electron chi connectivity index (χ2n) is 4.83. The van der Waals surface area contributed by atoms with Crippen LogP contribution in [0.3, 0.4) is 0 Å². The largest absolute Gasteiger partial charge is 0.406 e. The molecule has 1 saturated heterocycles. The van der Waals surface area contributed by atoms with Crippen molar-refractivity contribution in [3.63, 3.8) is 0 Å². The van der Waals surface area contributed by atoms with Crippen LogP contribution in [0.2, 0.25) is 0 Å². The third-order valence-corrected chi connectivity index (χ3v) is 3.68. The minimum absolute atomic E-state index is 0.0668. The molecule has 2 unspecified atom stereocenters. The predicted octanol–water partition coefficient (Wildman–Crippen LogP) is 0.892. The van der Waals surface area contributed by atoms with Crippen molar-refractivity contribution >= 4 is 11.6 Å². The first-order valence-corrected chi connectivity index (χ1v) is 6.20. The average Bonchev–Trinajstić information content (AvgIpc) is 2.72. The van der Waals surface area contributed by atoms with E-state index in [4.69, 9.17) is 5.73 Å². The third-order valence-electron chi connectivity index (χ3n) is 3.68. The van der Waals surface area contributed by atoms with E-state index < -0.39 is 4.92 Å². The number of rotatable bonds is 3. The topological polar surface area (TPSA) is 90.2 Å². The number of nitrogens with zero attached hydrogens (tertiary/aromatic N) is 4. The lowest BCUT2D eigenvalue weighted by Crippen LogP contribution is -2.47. The molecule has 100 valence electrons. The Labute approximate surface area is 106 Å². The molecule has 2 heterocycles. The molecule has 0 amide bonds. The van der Waals surface area contributed by atoms with Gasteiger partial charge in [0.05, 0.1) is 0 Å². The molecule has 0 saturated carbocycles. The van der Waals surface area contributed by atoms with E-state index in [1.54, 1.807) is 11.6 Å². The number of imidazole rings is 1. The van der Waals surface area contributed by atoms with Crippen molar-refractivity contribution in [2.45, 2.75) is 25.8 Å². The first-order chi connectivity index (χ1) is 8.54. The molecule has 1 aliphatic rings. The van der Waals surface area contributed by atoms with Crippen LogP contribution in [0.4, 0.5) is 11.6 Å². The van der Waals surface area contributed by atoms with Crippen LogP contribution in [-0.2, 0) is 7.05 Å². The second kappa shape index (κ2) is 4.93. The minimum Gasteiger partial charge on any atom is -0.358 e. The van der Waals surface area contributed by atoms with Crippen LogP contribution >= 0.6 is 0 Å². The molecular formula is C11H19N5O2. The summed E-state index contributed by atoms with van der Waals surface area (Å²) in [5.74, 6) is 0.904. The quantitative estimate of drug-likeness (QED) is 0.638. The van der Waals surface area contributed by atoms with Gasteiger partial charge in [0.15, 0.2) is 0 Å². The first kappa shape index (κ1) is 12.8. The maximum absolute atomic E-state index is 11.0. The predicted molar refractivity (Wildman–Crippen MR) is 68.4 cm³/mol. The van der Waals surface area contributed by atoms with Gasteiger partial charge in [-0.1, -0.05) is 13.3 Å². The summed E-state index contributed by atoms with van der Waals surface area (Å²) in [5, 5.41) is 11.0. The van der Waals surface area contributed by atoms with E-state index in [0.717, 1.165) is 25.9 Å². The van der Waals surface area contributed by atoms with Crippen molar-refractivity contribution < 1.29 is 4.92 Å². The minimum atomic E-state index is -0.426. The van der Waals surface area contributed by atoms with Gasteiger partial charge in [-0.05, 0) is 22.2 Å². The van der Waals surface area contributed by atoms with Crippen molar-refractivity contribution in [1.82, 2.24) is 9.55 Å². The van der Waals surface area contributed by atoms with Gasteiger partial charge in [0, 0.05) is 26.2 Å². The van der Waals surface area contributed by atoms with Gasteiger partial charge in [-0.2, -0.15) is 0 Å². The van der Waals surface area contributed by atoms with Crippen LogP contribution < -0.4 is 10.6 Å². The molecular weight excluding hydrogens is 234 g/mol. The highest BCUT2D eigenvalue weighted by atomic mass is 16.6. The number of aryl methyl sites for hydroxylation is 1. The van der Waals surface area contributed by atoms with Gasteiger partial charge < -0.3 is 20.7 Å². The van der Waals surface area contributed by atoms with E-state index in [-0.39, 0.29) is 11.9 Å². The molecule has 0 aliphatic carbocycles. The normalized spacial score (nSPS) is 24.3. The summed E-state index contributed by atoms with van der Waals surface area (Å²) < 4.78 is 1.71. The molecule has 18 heavy (non-hydrogen) atoms. The molecule has 0 bridgehead atoms. The van der Waals surface area contributed by atoms with Crippen molar-refractivity contribution in [3.8, 4) is 0 Å². The van der Waals surface area contributed by atoms with E-state index in [9.17, 15) is 10.1 Å². The Hall–Kier alpha value is -1.63. The molecule has 1 aromatic heterocycles. The maximum Gasteiger partial charge on any atom is 0.406 e. The number of hydrogen-bond donors (Lipinski definition) is 1. The van der Waals surface area contributed by atoms with Gasteiger partial charge in [-0.25, -0.2) is 0 Å². The average molecular weight is 253 g/mol. The van der Waals surface area contributed by atoms with Gasteiger partial charge in [-0.15, -0.1) is 0 Å². The number of piperidine rings is 1. The SMILES string of the molecule is CCC1CN(c2c([N+](=O)[O-])ncn2C)CCC1N. The fraction of sp³-hybridized carbons (Fsp3) is 0.727. The Morgan fingerprint density at radius 1 is 1.67 bits per heavy atom. The molecule has 2 rings (SSSR count). The van der Waals surface area contributed by atoms with Crippen LogP contribution in [0.5, 0.6) is 0 Å². The van der Waals surface area contributed by atoms with Crippen LogP contribution in [0.1, 0.15) is 19.8 Å². The zero-order valence-electron chi connectivity index (χ0n) is 10.7. The summed E-state index contributed by atoms with van der Waals surface area (Å²) >= 11 is 0. The van der Waals surface area contributed by atoms with Gasteiger partial charge in [0.2, 0.25) is 12.1 Å². The monoisotopic (exact) mass is 253 g/mol. The highest BCUT2D eigenvalue weighted by Gasteiger charge is 2.32. The lowest BCUT2D eigenvalue weighted by Gasteiger charge is -2.37. The van der Waals surface area contributed by atoms with Gasteiger partial charge in [-0.3, -0.25) is 4.57 Å². The summed E-state index contributed by atoms with van der Waals surface area (Å²) in [4.78, 5) is 16.4. The smallest absolute Gasteiger partial charge is 0.358 e. The first-order valence-electron chi connectivity index (χ1n) is 6.20. The highest BCUT2D eigenvalue weighted by Crippen LogP contribution is 2.30. The van der Waals surface area contributed by atoms with Crippen LogP contribution in [0.25, 0.3) is 0 Å². The van der Waals surface area contributed by atoms with Crippen LogP contribution in [-0.4, -0.2) is 33.6 Å². The van der Waals surface area contributed by atoms with Gasteiger partial charge in [0.25, 0.3) is 0 Å². The maximum atomic E-state index is 11.0. The Bertz CT molecular complexity index is 445. The molecule has 0 radical (unpaired) electrons. The number of anilines is 1. The number of aromatic nitrogens is 2. The summed E-state index contributed by atoms with van der Waals surface area (Å²) in [7, 11) is 1.78. The molecule has 1 fully saturated rings. The van der Waals surface area contributed by atoms with Gasteiger partial charge >= 0.3 is 5.82 Å². The number of hydrogen-bond acceptors (Lipinski definition) is 5. The molecule has 0 aromatic carbocycles. The van der Waals surface area contributed by atoms with E-state index in [1.807, 2.05) is 4.90 Å². The summed E-state index contributed by atoms with van der Waals surface area (Å²) in [6, 6.07) is 0.193. The Morgan fingerprint density at radius 2 is 2.39 bits per heavy atom. The van der Waals surface area contributed by atoms with Crippen molar-refractivity contribution in [2.24, 2.45) is 18.7 Å². The fourth-order valence-corrected chi connectivity index (χ4v) is 2.58. The zero-order chi connectivity index (χ0) is 13.3. The van der Waals surface area contributed by atoms with Crippen molar-refractivity contribution in [2.75, 3.05) is 18.0 Å². The summed E-state index contributed by atoms with van der Waals surface area (Å²) in [5.41, 5.74) is 6.06. The van der Waals surface area contributed by atoms with Crippen LogP contribution in [0.15, 0.2) is 6.33 Å². The van der Waals surface area contributed by atoms with Crippen LogP contribution in [0, 0.1) is 16.0 Å². The van der Waals surface area contributed by atoms with Crippen molar-refractivity contribution in [1.29, 1.82) is 0 Å². The van der Waals surface area contributed by atoms with E-state index in [1.165, 1.54) is 6.33 Å². The molecule has 7 heteroatoms. The fourth-order valence-electron chi connectivity index (χ4n) is 2.58. The van der Waals surface area contributed by atoms with Crippen molar-refractivity contribution in [3.05, 3.63) is 16.4 Å². The summed E-state index contributed by atoms with van der Waals surface area (Å²) in [6.07, 6.45) is 3.34. The zero-order valence-corrected chi connectivity index (χ0v) is 10.7.